The van der Waals surface area contributed by atoms with Gasteiger partial charge < -0.3 is 26.0 Å². The molecule has 0 bridgehead atoms. The average molecular weight is 392 g/mol. The zero-order chi connectivity index (χ0) is 21.0. The Labute approximate surface area is 165 Å². The third-order valence-electron chi connectivity index (χ3n) is 4.05. The molecule has 5 N–H and O–H groups in total. The first kappa shape index (κ1) is 19.4. The van der Waals surface area contributed by atoms with Crippen molar-refractivity contribution in [1.29, 1.82) is 0 Å². The molecule has 29 heavy (non-hydrogen) atoms. The van der Waals surface area contributed by atoms with E-state index in [-0.39, 0.29) is 39.6 Å². The van der Waals surface area contributed by atoms with Crippen LogP contribution in [0.25, 0.3) is 0 Å². The Morgan fingerprint density at radius 2 is 1.17 bits per heavy atom. The van der Waals surface area contributed by atoms with Gasteiger partial charge in [-0.25, -0.2) is 4.79 Å². The minimum atomic E-state index is -1.32. The van der Waals surface area contributed by atoms with Crippen molar-refractivity contribution in [1.82, 2.24) is 0 Å². The minimum Gasteiger partial charge on any atom is -0.507 e. The monoisotopic (exact) mass is 392 g/mol. The van der Waals surface area contributed by atoms with Crippen LogP contribution in [-0.4, -0.2) is 33.1 Å². The van der Waals surface area contributed by atoms with Crippen molar-refractivity contribution in [3.63, 3.8) is 0 Å². The van der Waals surface area contributed by atoms with Crippen LogP contribution in [0.2, 0.25) is 0 Å². The molecule has 0 saturated carbocycles. The standard InChI is InChI=1S/C21H16N2O6/c24-17-7-3-1-5-13(17)19(26)22-12-9-10-16(15(11-12)21(28)29)23-20(27)14-6-2-4-8-18(14)25/h1-11,24-25H,(H,22,26)(H,23,27)(H,28,29). The fourth-order valence-electron chi connectivity index (χ4n) is 2.63. The number of hydrogen-bond donors (Lipinski definition) is 5. The van der Waals surface area contributed by atoms with E-state index in [4.69, 9.17) is 0 Å². The van der Waals surface area contributed by atoms with Gasteiger partial charge in [-0.2, -0.15) is 0 Å². The molecule has 146 valence electrons. The lowest BCUT2D eigenvalue weighted by atomic mass is 10.1. The van der Waals surface area contributed by atoms with Crippen molar-refractivity contribution < 1.29 is 29.7 Å². The van der Waals surface area contributed by atoms with E-state index in [1.165, 1.54) is 42.5 Å². The van der Waals surface area contributed by atoms with E-state index in [1.54, 1.807) is 24.3 Å². The Kier molecular flexibility index (Phi) is 5.45. The summed E-state index contributed by atoms with van der Waals surface area (Å²) < 4.78 is 0. The van der Waals surface area contributed by atoms with Gasteiger partial charge in [0, 0.05) is 5.69 Å². The second-order valence-corrected chi connectivity index (χ2v) is 6.01. The second kappa shape index (κ2) is 8.13. The molecule has 2 amide bonds. The number of nitrogens with one attached hydrogen (secondary N) is 2. The largest absolute Gasteiger partial charge is 0.507 e. The number of phenols is 2. The van der Waals surface area contributed by atoms with E-state index < -0.39 is 17.8 Å². The van der Waals surface area contributed by atoms with Gasteiger partial charge in [0.25, 0.3) is 11.8 Å². The highest BCUT2D eigenvalue weighted by Crippen LogP contribution is 2.25. The molecule has 8 nitrogen and oxygen atoms in total. The van der Waals surface area contributed by atoms with Gasteiger partial charge in [0.2, 0.25) is 0 Å². The molecule has 0 heterocycles. The molecule has 0 radical (unpaired) electrons. The van der Waals surface area contributed by atoms with Crippen LogP contribution in [0.3, 0.4) is 0 Å². The first-order chi connectivity index (χ1) is 13.9. The lowest BCUT2D eigenvalue weighted by molar-refractivity contribution is 0.0697. The maximum Gasteiger partial charge on any atom is 0.337 e. The predicted molar refractivity (Wildman–Crippen MR) is 106 cm³/mol. The third kappa shape index (κ3) is 4.33. The molecule has 0 saturated heterocycles. The van der Waals surface area contributed by atoms with Crippen molar-refractivity contribution in [2.75, 3.05) is 10.6 Å². The molecule has 0 spiro atoms. The Morgan fingerprint density at radius 3 is 1.69 bits per heavy atom. The van der Waals surface area contributed by atoms with Crippen molar-refractivity contribution in [2.45, 2.75) is 0 Å². The molecule has 0 aliphatic rings. The molecule has 0 aromatic heterocycles. The highest BCUT2D eigenvalue weighted by atomic mass is 16.4. The number of para-hydroxylation sites is 2. The van der Waals surface area contributed by atoms with E-state index >= 15 is 0 Å². The molecule has 0 aliphatic carbocycles. The number of aromatic hydroxyl groups is 2. The van der Waals surface area contributed by atoms with Crippen LogP contribution < -0.4 is 10.6 Å². The number of carbonyl (C=O) groups excluding carboxylic acids is 2. The number of benzene rings is 3. The molecule has 0 aliphatic heterocycles. The Hall–Kier alpha value is -4.33. The first-order valence-corrected chi connectivity index (χ1v) is 8.43. The number of carbonyl (C=O) groups is 3. The number of amides is 2. The van der Waals surface area contributed by atoms with Gasteiger partial charge in [-0.05, 0) is 42.5 Å². The Bertz CT molecular complexity index is 1110. The van der Waals surface area contributed by atoms with Gasteiger partial charge in [0.1, 0.15) is 11.5 Å². The van der Waals surface area contributed by atoms with Crippen LogP contribution in [0.5, 0.6) is 11.5 Å². The molecule has 3 aromatic carbocycles. The molecule has 0 fully saturated rings. The van der Waals surface area contributed by atoms with Crippen molar-refractivity contribution in [2.24, 2.45) is 0 Å². The summed E-state index contributed by atoms with van der Waals surface area (Å²) >= 11 is 0. The lowest BCUT2D eigenvalue weighted by Crippen LogP contribution is -2.16. The Morgan fingerprint density at radius 1 is 0.655 bits per heavy atom. The predicted octanol–water partition coefficient (Wildman–Crippen LogP) is 3.30. The van der Waals surface area contributed by atoms with Crippen molar-refractivity contribution in [3.05, 3.63) is 83.4 Å². The molecule has 3 rings (SSSR count). The average Bonchev–Trinajstić information content (AvgIpc) is 2.69. The van der Waals surface area contributed by atoms with E-state index in [1.807, 2.05) is 0 Å². The highest BCUT2D eigenvalue weighted by Gasteiger charge is 2.18. The summed E-state index contributed by atoms with van der Waals surface area (Å²) in [5.74, 6) is -3.08. The number of phenolic OH excluding ortho intramolecular Hbond substituents is 2. The summed E-state index contributed by atoms with van der Waals surface area (Å²) in [6, 6.07) is 15.7. The van der Waals surface area contributed by atoms with Crippen LogP contribution in [0.15, 0.2) is 66.7 Å². The highest BCUT2D eigenvalue weighted by molar-refractivity contribution is 6.10. The Balaban J connectivity index is 1.85. The zero-order valence-electron chi connectivity index (χ0n) is 14.9. The molecular formula is C21H16N2O6. The van der Waals surface area contributed by atoms with E-state index in [9.17, 15) is 29.7 Å². The SMILES string of the molecule is O=C(Nc1ccc(NC(=O)c2ccccc2O)c(C(=O)O)c1)c1ccccc1O. The second-order valence-electron chi connectivity index (χ2n) is 6.01. The number of hydrogen-bond acceptors (Lipinski definition) is 5. The summed E-state index contributed by atoms with van der Waals surface area (Å²) in [6.45, 7) is 0. The summed E-state index contributed by atoms with van der Waals surface area (Å²) in [7, 11) is 0. The lowest BCUT2D eigenvalue weighted by Gasteiger charge is -2.12. The number of aromatic carboxylic acids is 1. The molecule has 8 heteroatoms. The fraction of sp³-hybridized carbons (Fsp3) is 0. The van der Waals surface area contributed by atoms with Crippen LogP contribution in [0, 0.1) is 0 Å². The van der Waals surface area contributed by atoms with Gasteiger partial charge in [0.15, 0.2) is 0 Å². The molecule has 3 aromatic rings. The quantitative estimate of drug-likeness (QED) is 0.452. The summed E-state index contributed by atoms with van der Waals surface area (Å²) in [5, 5.41) is 33.9. The van der Waals surface area contributed by atoms with Crippen molar-refractivity contribution >= 4 is 29.2 Å². The normalized spacial score (nSPS) is 10.2. The van der Waals surface area contributed by atoms with Gasteiger partial charge in [-0.15, -0.1) is 0 Å². The number of anilines is 2. The summed E-state index contributed by atoms with van der Waals surface area (Å²) in [6.07, 6.45) is 0. The minimum absolute atomic E-state index is 0.00805. The molecule has 0 unspecified atom stereocenters. The van der Waals surface area contributed by atoms with E-state index in [0.717, 1.165) is 0 Å². The summed E-state index contributed by atoms with van der Waals surface area (Å²) in [5.41, 5.74) is -0.0894. The van der Waals surface area contributed by atoms with Crippen LogP contribution in [-0.2, 0) is 0 Å². The van der Waals surface area contributed by atoms with Gasteiger partial charge in [-0.3, -0.25) is 9.59 Å². The maximum atomic E-state index is 12.3. The smallest absolute Gasteiger partial charge is 0.337 e. The van der Waals surface area contributed by atoms with Crippen LogP contribution in [0.4, 0.5) is 11.4 Å². The molecule has 0 atom stereocenters. The van der Waals surface area contributed by atoms with Gasteiger partial charge in [-0.1, -0.05) is 24.3 Å². The third-order valence-corrected chi connectivity index (χ3v) is 4.05. The number of carboxylic acids is 1. The van der Waals surface area contributed by atoms with Crippen LogP contribution >= 0.6 is 0 Å². The van der Waals surface area contributed by atoms with Crippen LogP contribution in [0.1, 0.15) is 31.1 Å². The number of rotatable bonds is 5. The van der Waals surface area contributed by atoms with Gasteiger partial charge in [0.05, 0.1) is 22.4 Å². The van der Waals surface area contributed by atoms with Gasteiger partial charge >= 0.3 is 5.97 Å². The van der Waals surface area contributed by atoms with Crippen molar-refractivity contribution in [3.8, 4) is 11.5 Å². The first-order valence-electron chi connectivity index (χ1n) is 8.43. The molecular weight excluding hydrogens is 376 g/mol. The maximum absolute atomic E-state index is 12.3. The topological polar surface area (TPSA) is 136 Å². The van der Waals surface area contributed by atoms with E-state index in [0.29, 0.717) is 0 Å². The fourth-order valence-corrected chi connectivity index (χ4v) is 2.63. The van der Waals surface area contributed by atoms with E-state index in [2.05, 4.69) is 10.6 Å². The summed E-state index contributed by atoms with van der Waals surface area (Å²) in [4.78, 5) is 36.2. The number of carboxylic acid groups (broad SMARTS) is 1. The zero-order valence-corrected chi connectivity index (χ0v) is 14.9.